The largest absolute Gasteiger partial charge is 0.380 e. The molecule has 0 fully saturated rings. The van der Waals surface area contributed by atoms with Gasteiger partial charge in [0.15, 0.2) is 0 Å². The summed E-state index contributed by atoms with van der Waals surface area (Å²) in [4.78, 5) is 0. The summed E-state index contributed by atoms with van der Waals surface area (Å²) in [5.41, 5.74) is 1.12. The Balaban J connectivity index is 2.64. The lowest BCUT2D eigenvalue weighted by Crippen LogP contribution is -2.41. The lowest BCUT2D eigenvalue weighted by atomic mass is 10.1. The van der Waals surface area contributed by atoms with E-state index in [1.165, 1.54) is 0 Å². The van der Waals surface area contributed by atoms with Crippen LogP contribution in [0.5, 0.6) is 0 Å². The number of aromatic nitrogens is 2. The molecule has 0 saturated carbocycles. The number of methoxy groups -OCH3 is 1. The van der Waals surface area contributed by atoms with E-state index in [-0.39, 0.29) is 6.10 Å². The van der Waals surface area contributed by atoms with Crippen molar-refractivity contribution in [2.75, 3.05) is 13.7 Å². The molecule has 1 heterocycles. The zero-order valence-corrected chi connectivity index (χ0v) is 11.6. The molecule has 0 bridgehead atoms. The fourth-order valence-corrected chi connectivity index (χ4v) is 1.83. The minimum atomic E-state index is 0.194. The van der Waals surface area contributed by atoms with Crippen LogP contribution in [0.2, 0.25) is 0 Å². The average molecular weight is 239 g/mol. The lowest BCUT2D eigenvalue weighted by molar-refractivity contribution is 0.0832. The van der Waals surface area contributed by atoms with E-state index >= 15 is 0 Å². The Kier molecular flexibility index (Phi) is 5.65. The molecule has 1 aromatic rings. The number of ether oxygens (including phenoxy) is 1. The third-order valence-electron chi connectivity index (χ3n) is 3.03. The molecule has 0 aromatic carbocycles. The molecule has 0 aliphatic carbocycles. The smallest absolute Gasteiger partial charge is 0.0700 e. The number of likely N-dealkylation sites (N-methyl/N-ethyl adjacent to an activating group) is 1. The predicted octanol–water partition coefficient (Wildman–Crippen LogP) is 2.02. The number of nitrogens with zero attached hydrogens (tertiary/aromatic N) is 2. The first-order chi connectivity index (χ1) is 8.08. The quantitative estimate of drug-likeness (QED) is 0.791. The Morgan fingerprint density at radius 2 is 2.12 bits per heavy atom. The second-order valence-corrected chi connectivity index (χ2v) is 4.69. The van der Waals surface area contributed by atoms with Gasteiger partial charge in [-0.3, -0.25) is 4.68 Å². The minimum absolute atomic E-state index is 0.194. The Labute approximate surface area is 104 Å². The third-order valence-corrected chi connectivity index (χ3v) is 3.03. The van der Waals surface area contributed by atoms with Crippen molar-refractivity contribution in [1.82, 2.24) is 15.1 Å². The fourth-order valence-electron chi connectivity index (χ4n) is 1.83. The summed E-state index contributed by atoms with van der Waals surface area (Å²) in [6, 6.07) is 2.83. The van der Waals surface area contributed by atoms with Crippen LogP contribution in [0, 0.1) is 0 Å². The number of nitrogens with one attached hydrogen (secondary N) is 1. The molecule has 1 rings (SSSR count). The SMILES string of the molecule is CCNC(Cc1ccn(C(C)C)n1)C(C)OC. The molecule has 1 aromatic heterocycles. The zero-order valence-electron chi connectivity index (χ0n) is 11.6. The summed E-state index contributed by atoms with van der Waals surface area (Å²) in [7, 11) is 1.75. The van der Waals surface area contributed by atoms with Gasteiger partial charge in [-0.05, 0) is 33.4 Å². The first kappa shape index (κ1) is 14.2. The maximum Gasteiger partial charge on any atom is 0.0700 e. The van der Waals surface area contributed by atoms with Gasteiger partial charge < -0.3 is 10.1 Å². The van der Waals surface area contributed by atoms with Crippen molar-refractivity contribution in [2.24, 2.45) is 0 Å². The van der Waals surface area contributed by atoms with Gasteiger partial charge in [0.05, 0.1) is 11.8 Å². The van der Waals surface area contributed by atoms with E-state index in [4.69, 9.17) is 4.74 Å². The van der Waals surface area contributed by atoms with E-state index in [1.54, 1.807) is 7.11 Å². The fraction of sp³-hybridized carbons (Fsp3) is 0.769. The molecule has 0 radical (unpaired) electrons. The van der Waals surface area contributed by atoms with Gasteiger partial charge in [0.25, 0.3) is 0 Å². The van der Waals surface area contributed by atoms with Gasteiger partial charge in [0.1, 0.15) is 0 Å². The minimum Gasteiger partial charge on any atom is -0.380 e. The van der Waals surface area contributed by atoms with Gasteiger partial charge in [-0.25, -0.2) is 0 Å². The summed E-state index contributed by atoms with van der Waals surface area (Å²) in [5, 5.41) is 8.02. The first-order valence-corrected chi connectivity index (χ1v) is 6.38. The highest BCUT2D eigenvalue weighted by atomic mass is 16.5. The van der Waals surface area contributed by atoms with Crippen LogP contribution >= 0.6 is 0 Å². The molecule has 17 heavy (non-hydrogen) atoms. The highest BCUT2D eigenvalue weighted by Gasteiger charge is 2.17. The molecule has 0 aliphatic heterocycles. The lowest BCUT2D eigenvalue weighted by Gasteiger charge is -2.22. The van der Waals surface area contributed by atoms with E-state index in [9.17, 15) is 0 Å². The molecule has 2 unspecified atom stereocenters. The van der Waals surface area contributed by atoms with Crippen LogP contribution in [-0.4, -0.2) is 35.6 Å². The average Bonchev–Trinajstić information content (AvgIpc) is 2.76. The van der Waals surface area contributed by atoms with Crippen molar-refractivity contribution in [1.29, 1.82) is 0 Å². The zero-order chi connectivity index (χ0) is 12.8. The van der Waals surface area contributed by atoms with Gasteiger partial charge in [-0.1, -0.05) is 6.92 Å². The van der Waals surface area contributed by atoms with E-state index in [2.05, 4.69) is 44.2 Å². The molecular formula is C13H25N3O. The van der Waals surface area contributed by atoms with E-state index in [1.807, 2.05) is 10.9 Å². The number of hydrogen-bond donors (Lipinski definition) is 1. The van der Waals surface area contributed by atoms with Gasteiger partial charge >= 0.3 is 0 Å². The topological polar surface area (TPSA) is 39.1 Å². The van der Waals surface area contributed by atoms with Crippen molar-refractivity contribution in [3.8, 4) is 0 Å². The van der Waals surface area contributed by atoms with Gasteiger partial charge in [0, 0.05) is 31.8 Å². The second kappa shape index (κ2) is 6.77. The van der Waals surface area contributed by atoms with Crippen molar-refractivity contribution >= 4 is 0 Å². The third kappa shape index (κ3) is 4.13. The van der Waals surface area contributed by atoms with E-state index < -0.39 is 0 Å². The summed E-state index contributed by atoms with van der Waals surface area (Å²) >= 11 is 0. The molecule has 0 aliphatic rings. The normalized spacial score (nSPS) is 15.2. The highest BCUT2D eigenvalue weighted by molar-refractivity contribution is 5.03. The summed E-state index contributed by atoms with van der Waals surface area (Å²) in [5.74, 6) is 0. The Bertz CT molecular complexity index is 322. The van der Waals surface area contributed by atoms with Crippen LogP contribution in [0.4, 0.5) is 0 Å². The summed E-state index contributed by atoms with van der Waals surface area (Å²) < 4.78 is 7.39. The molecule has 98 valence electrons. The predicted molar refractivity (Wildman–Crippen MR) is 70.3 cm³/mol. The van der Waals surface area contributed by atoms with Crippen molar-refractivity contribution in [3.63, 3.8) is 0 Å². The molecular weight excluding hydrogens is 214 g/mol. The second-order valence-electron chi connectivity index (χ2n) is 4.69. The molecule has 0 spiro atoms. The number of rotatable bonds is 7. The van der Waals surface area contributed by atoms with Crippen LogP contribution in [0.1, 0.15) is 39.4 Å². The van der Waals surface area contributed by atoms with E-state index in [0.29, 0.717) is 12.1 Å². The Morgan fingerprint density at radius 1 is 1.41 bits per heavy atom. The van der Waals surface area contributed by atoms with Crippen LogP contribution in [-0.2, 0) is 11.2 Å². The maximum atomic E-state index is 5.39. The Hall–Kier alpha value is -0.870. The van der Waals surface area contributed by atoms with Gasteiger partial charge in [-0.15, -0.1) is 0 Å². The first-order valence-electron chi connectivity index (χ1n) is 6.38. The molecule has 4 nitrogen and oxygen atoms in total. The van der Waals surface area contributed by atoms with Crippen LogP contribution < -0.4 is 5.32 Å². The standard InChI is InChI=1S/C13H25N3O/c1-6-14-13(11(4)17-5)9-12-7-8-16(15-12)10(2)3/h7-8,10-11,13-14H,6,9H2,1-5H3. The summed E-state index contributed by atoms with van der Waals surface area (Å²) in [6.45, 7) is 9.42. The molecule has 2 atom stereocenters. The molecule has 1 N–H and O–H groups in total. The van der Waals surface area contributed by atoms with Gasteiger partial charge in [0.2, 0.25) is 0 Å². The van der Waals surface area contributed by atoms with Crippen molar-refractivity contribution in [2.45, 2.75) is 52.3 Å². The number of hydrogen-bond acceptors (Lipinski definition) is 3. The van der Waals surface area contributed by atoms with E-state index in [0.717, 1.165) is 18.7 Å². The molecule has 0 amide bonds. The van der Waals surface area contributed by atoms with Crippen molar-refractivity contribution in [3.05, 3.63) is 18.0 Å². The van der Waals surface area contributed by atoms with Crippen LogP contribution in [0.25, 0.3) is 0 Å². The van der Waals surface area contributed by atoms with Crippen molar-refractivity contribution < 1.29 is 4.74 Å². The Morgan fingerprint density at radius 3 is 2.59 bits per heavy atom. The maximum absolute atomic E-state index is 5.39. The van der Waals surface area contributed by atoms with Gasteiger partial charge in [-0.2, -0.15) is 5.10 Å². The van der Waals surface area contributed by atoms with Crippen LogP contribution in [0.3, 0.4) is 0 Å². The molecule has 0 saturated heterocycles. The molecule has 4 heteroatoms. The summed E-state index contributed by atoms with van der Waals surface area (Å²) in [6.07, 6.45) is 3.14. The van der Waals surface area contributed by atoms with Crippen LogP contribution in [0.15, 0.2) is 12.3 Å². The highest BCUT2D eigenvalue weighted by Crippen LogP contribution is 2.09. The monoisotopic (exact) mass is 239 g/mol.